The highest BCUT2D eigenvalue weighted by Crippen LogP contribution is 2.13. The lowest BCUT2D eigenvalue weighted by molar-refractivity contribution is -0.167. The minimum Gasteiger partial charge on any atom is -0.462 e. The van der Waals surface area contributed by atoms with Crippen LogP contribution in [0.5, 0.6) is 0 Å². The van der Waals surface area contributed by atoms with Gasteiger partial charge in [-0.2, -0.15) is 0 Å². The number of unbranched alkanes of at least 4 members (excludes halogenated alkanes) is 13. The molecule has 0 radical (unpaired) electrons. The summed E-state index contributed by atoms with van der Waals surface area (Å²) in [6, 6.07) is 0. The zero-order valence-electron chi connectivity index (χ0n) is 46.6. The highest BCUT2D eigenvalue weighted by atomic mass is 16.6. The number of rotatable bonds is 50. The molecule has 0 aliphatic heterocycles. The van der Waals surface area contributed by atoms with Crippen LogP contribution in [-0.2, 0) is 28.6 Å². The molecule has 0 saturated heterocycles. The Morgan fingerprint density at radius 1 is 0.274 bits per heavy atom. The van der Waals surface area contributed by atoms with Gasteiger partial charge >= 0.3 is 17.9 Å². The SMILES string of the molecule is CC/C=C\C/C=C\C/C=C\C/C=C\C/C=C\C/C=C\C/C=C\CCCC(=O)OCC(COC(=O)CCCCCCC/C=C\C/C=C\C/C=C\CC)OC(=O)CCCCCCCCC/C=C\C/C=C\C/C=C\CC. The van der Waals surface area contributed by atoms with Gasteiger partial charge in [0.05, 0.1) is 0 Å². The molecule has 0 spiro atoms. The molecule has 0 heterocycles. The number of hydrogen-bond donors (Lipinski definition) is 0. The molecule has 0 rings (SSSR count). The predicted octanol–water partition coefficient (Wildman–Crippen LogP) is 19.8. The van der Waals surface area contributed by atoms with Gasteiger partial charge < -0.3 is 14.2 Å². The van der Waals surface area contributed by atoms with Crippen molar-refractivity contribution in [3.8, 4) is 0 Å². The molecule has 6 nitrogen and oxygen atoms in total. The van der Waals surface area contributed by atoms with Gasteiger partial charge in [-0.3, -0.25) is 14.4 Å². The van der Waals surface area contributed by atoms with Crippen LogP contribution in [0.1, 0.15) is 226 Å². The van der Waals surface area contributed by atoms with E-state index in [9.17, 15) is 14.4 Å². The molecule has 0 aliphatic carbocycles. The van der Waals surface area contributed by atoms with E-state index in [0.29, 0.717) is 19.3 Å². The van der Waals surface area contributed by atoms with Crippen molar-refractivity contribution in [2.75, 3.05) is 13.2 Å². The van der Waals surface area contributed by atoms with Gasteiger partial charge in [-0.25, -0.2) is 0 Å². The van der Waals surface area contributed by atoms with E-state index in [-0.39, 0.29) is 37.5 Å². The summed E-state index contributed by atoms with van der Waals surface area (Å²) in [6.45, 7) is 6.22. The van der Waals surface area contributed by atoms with Crippen LogP contribution in [0.3, 0.4) is 0 Å². The minimum atomic E-state index is -0.823. The lowest BCUT2D eigenvalue weighted by Crippen LogP contribution is -2.30. The zero-order chi connectivity index (χ0) is 52.9. The topological polar surface area (TPSA) is 78.9 Å². The second-order valence-electron chi connectivity index (χ2n) is 18.4. The maximum Gasteiger partial charge on any atom is 0.306 e. The Morgan fingerprint density at radius 2 is 0.507 bits per heavy atom. The standard InChI is InChI=1S/C67H104O6/c1-4-7-10-13-16-19-22-25-28-30-31-32-33-34-35-37-39-42-45-48-51-54-57-60-66(69)72-63-64(62-71-65(68)59-56-53-50-47-44-41-38-27-24-21-18-15-12-9-6-3)73-67(70)61-58-55-52-49-46-43-40-36-29-26-23-20-17-14-11-8-5-2/h7-12,16-21,25-29,31-32,34-35,38-39,42,48,51,64H,4-6,13-15,22-24,30,33,36-37,40-41,43-47,49-50,52-63H2,1-3H3/b10-7-,11-8-,12-9-,19-16-,20-17-,21-18-,28-25-,29-26-,32-31-,35-34-,38-27-,42-39-,51-48-. The number of carbonyl (C=O) groups excluding carboxylic acids is 3. The summed E-state index contributed by atoms with van der Waals surface area (Å²) >= 11 is 0. The number of allylic oxidation sites excluding steroid dienone is 26. The third-order valence-electron chi connectivity index (χ3n) is 11.5. The second-order valence-corrected chi connectivity index (χ2v) is 18.4. The molecule has 73 heavy (non-hydrogen) atoms. The maximum atomic E-state index is 12.9. The fraction of sp³-hybridized carbons (Fsp3) is 0.567. The lowest BCUT2D eigenvalue weighted by atomic mass is 10.1. The van der Waals surface area contributed by atoms with E-state index >= 15 is 0 Å². The summed E-state index contributed by atoms with van der Waals surface area (Å²) in [4.78, 5) is 38.2. The minimum absolute atomic E-state index is 0.116. The highest BCUT2D eigenvalue weighted by molar-refractivity contribution is 5.71. The molecule has 0 amide bonds. The van der Waals surface area contributed by atoms with Crippen molar-refractivity contribution in [2.24, 2.45) is 0 Å². The fourth-order valence-electron chi connectivity index (χ4n) is 7.28. The maximum absolute atomic E-state index is 12.9. The van der Waals surface area contributed by atoms with Crippen molar-refractivity contribution in [2.45, 2.75) is 232 Å². The first-order chi connectivity index (χ1) is 36.0. The van der Waals surface area contributed by atoms with Crippen molar-refractivity contribution in [3.05, 3.63) is 158 Å². The van der Waals surface area contributed by atoms with E-state index < -0.39 is 6.10 Å². The summed E-state index contributed by atoms with van der Waals surface area (Å²) in [5.74, 6) is -1.01. The first-order valence-electron chi connectivity index (χ1n) is 29.0. The zero-order valence-corrected chi connectivity index (χ0v) is 46.6. The van der Waals surface area contributed by atoms with Crippen LogP contribution in [0, 0.1) is 0 Å². The van der Waals surface area contributed by atoms with Crippen molar-refractivity contribution in [3.63, 3.8) is 0 Å². The monoisotopic (exact) mass is 1000 g/mol. The highest BCUT2D eigenvalue weighted by Gasteiger charge is 2.19. The van der Waals surface area contributed by atoms with Crippen LogP contribution < -0.4 is 0 Å². The Kier molecular flexibility index (Phi) is 55.5. The fourth-order valence-corrected chi connectivity index (χ4v) is 7.28. The first-order valence-corrected chi connectivity index (χ1v) is 29.0. The molecule has 0 aliphatic rings. The molecule has 1 atom stereocenters. The van der Waals surface area contributed by atoms with E-state index in [1.165, 1.54) is 19.3 Å². The Morgan fingerprint density at radius 3 is 0.822 bits per heavy atom. The summed E-state index contributed by atoms with van der Waals surface area (Å²) in [7, 11) is 0. The molecule has 0 aromatic rings. The molecule has 0 aromatic carbocycles. The number of carbonyl (C=O) groups is 3. The van der Waals surface area contributed by atoms with Crippen LogP contribution >= 0.6 is 0 Å². The summed E-state index contributed by atoms with van der Waals surface area (Å²) in [6.07, 6.45) is 86.6. The largest absolute Gasteiger partial charge is 0.462 e. The molecule has 0 aromatic heterocycles. The molecule has 0 fully saturated rings. The van der Waals surface area contributed by atoms with Gasteiger partial charge in [-0.1, -0.05) is 230 Å². The Hall–Kier alpha value is -4.97. The Labute approximate surface area is 448 Å². The van der Waals surface area contributed by atoms with Crippen molar-refractivity contribution >= 4 is 17.9 Å². The van der Waals surface area contributed by atoms with Crippen LogP contribution in [0.25, 0.3) is 0 Å². The molecular formula is C67H104O6. The third kappa shape index (κ3) is 57.8. The molecule has 0 bridgehead atoms. The summed E-state index contributed by atoms with van der Waals surface area (Å²) in [5, 5.41) is 0. The van der Waals surface area contributed by atoms with Crippen LogP contribution in [0.4, 0.5) is 0 Å². The molecule has 408 valence electrons. The Balaban J connectivity index is 4.55. The van der Waals surface area contributed by atoms with Gasteiger partial charge in [0, 0.05) is 19.3 Å². The lowest BCUT2D eigenvalue weighted by Gasteiger charge is -2.18. The number of hydrogen-bond acceptors (Lipinski definition) is 6. The van der Waals surface area contributed by atoms with E-state index in [1.807, 2.05) is 0 Å². The van der Waals surface area contributed by atoms with Crippen molar-refractivity contribution in [1.29, 1.82) is 0 Å². The second kappa shape index (κ2) is 59.6. The molecule has 0 N–H and O–H groups in total. The number of ether oxygens (including phenoxy) is 3. The molecule has 6 heteroatoms. The summed E-state index contributed by atoms with van der Waals surface area (Å²) < 4.78 is 16.8. The van der Waals surface area contributed by atoms with E-state index in [2.05, 4.69) is 179 Å². The van der Waals surface area contributed by atoms with Crippen LogP contribution in [0.2, 0.25) is 0 Å². The van der Waals surface area contributed by atoms with Gasteiger partial charge in [0.25, 0.3) is 0 Å². The molecule has 0 saturated carbocycles. The quantitative estimate of drug-likeness (QED) is 0.0261. The third-order valence-corrected chi connectivity index (χ3v) is 11.5. The normalized spacial score (nSPS) is 13.3. The van der Waals surface area contributed by atoms with Crippen LogP contribution in [-0.4, -0.2) is 37.2 Å². The summed E-state index contributed by atoms with van der Waals surface area (Å²) in [5.41, 5.74) is 0. The van der Waals surface area contributed by atoms with E-state index in [1.54, 1.807) is 0 Å². The van der Waals surface area contributed by atoms with Gasteiger partial charge in [-0.05, 0) is 135 Å². The van der Waals surface area contributed by atoms with Crippen molar-refractivity contribution < 1.29 is 28.6 Å². The average molecular weight is 1010 g/mol. The van der Waals surface area contributed by atoms with Gasteiger partial charge in [0.15, 0.2) is 6.10 Å². The smallest absolute Gasteiger partial charge is 0.306 e. The van der Waals surface area contributed by atoms with Crippen LogP contribution in [0.15, 0.2) is 158 Å². The number of esters is 3. The predicted molar refractivity (Wildman–Crippen MR) is 315 cm³/mol. The van der Waals surface area contributed by atoms with Gasteiger partial charge in [0.2, 0.25) is 0 Å². The average Bonchev–Trinajstić information content (AvgIpc) is 3.39. The van der Waals surface area contributed by atoms with E-state index in [0.717, 1.165) is 161 Å². The van der Waals surface area contributed by atoms with Crippen molar-refractivity contribution in [1.82, 2.24) is 0 Å². The van der Waals surface area contributed by atoms with Gasteiger partial charge in [-0.15, -0.1) is 0 Å². The van der Waals surface area contributed by atoms with E-state index in [4.69, 9.17) is 14.2 Å². The molecular weight excluding hydrogens is 901 g/mol. The Bertz CT molecular complexity index is 1670. The van der Waals surface area contributed by atoms with Gasteiger partial charge in [0.1, 0.15) is 13.2 Å². The first kappa shape index (κ1) is 68.0. The molecule has 1 unspecified atom stereocenters.